The molecule has 2 rings (SSSR count). The van der Waals surface area contributed by atoms with Crippen LogP contribution in [0.3, 0.4) is 0 Å². The molecule has 8 heteroatoms. The molecule has 0 radical (unpaired) electrons. The molecule has 2 N–H and O–H groups in total. The molecule has 0 aliphatic heterocycles. The van der Waals surface area contributed by atoms with Crippen LogP contribution in [-0.4, -0.2) is 17.0 Å². The number of carbonyl (C=O) groups excluding carboxylic acids is 1. The van der Waals surface area contributed by atoms with Crippen LogP contribution in [0.5, 0.6) is 5.75 Å². The van der Waals surface area contributed by atoms with Gasteiger partial charge in [0.15, 0.2) is 6.10 Å². The van der Waals surface area contributed by atoms with Gasteiger partial charge in [-0.05, 0) is 38.1 Å². The number of thiazole rings is 1. The minimum Gasteiger partial charge on any atom is -0.481 e. The lowest BCUT2D eigenvalue weighted by Gasteiger charge is -2.14. The van der Waals surface area contributed by atoms with Crippen molar-refractivity contribution in [3.05, 3.63) is 52.1 Å². The first-order valence-corrected chi connectivity index (χ1v) is 8.16. The van der Waals surface area contributed by atoms with E-state index in [9.17, 15) is 4.79 Å². The van der Waals surface area contributed by atoms with Crippen LogP contribution >= 0.6 is 11.3 Å². The molecule has 1 aromatic heterocycles. The van der Waals surface area contributed by atoms with Crippen molar-refractivity contribution >= 4 is 22.8 Å². The highest BCUT2D eigenvalue weighted by Gasteiger charge is 2.14. The fourth-order valence-corrected chi connectivity index (χ4v) is 2.53. The molecule has 0 aliphatic carbocycles. The maximum absolute atomic E-state index is 12.0. The van der Waals surface area contributed by atoms with Crippen LogP contribution in [0.15, 0.2) is 35.8 Å². The summed E-state index contributed by atoms with van der Waals surface area (Å²) in [5.41, 5.74) is 6.70. The van der Waals surface area contributed by atoms with E-state index in [1.54, 1.807) is 31.2 Å². The van der Waals surface area contributed by atoms with Crippen molar-refractivity contribution < 1.29 is 9.53 Å². The smallest absolute Gasteiger partial charge is 0.279 e. The summed E-state index contributed by atoms with van der Waals surface area (Å²) in [6.07, 6.45) is 0.617. The summed E-state index contributed by atoms with van der Waals surface area (Å²) in [6, 6.07) is 10.5. The number of benzene rings is 1. The quantitative estimate of drug-likeness (QED) is 0.609. The van der Waals surface area contributed by atoms with Crippen molar-refractivity contribution in [3.8, 4) is 17.9 Å². The zero-order chi connectivity index (χ0) is 18.2. The summed E-state index contributed by atoms with van der Waals surface area (Å²) in [4.78, 5) is 16.2. The number of hydrogen-bond donors (Lipinski definition) is 2. The number of rotatable bonds is 6. The van der Waals surface area contributed by atoms with Crippen molar-refractivity contribution in [3.63, 3.8) is 0 Å². The summed E-state index contributed by atoms with van der Waals surface area (Å²) in [5.74, 6) is 0.0707. The van der Waals surface area contributed by atoms with E-state index in [1.165, 1.54) is 17.5 Å². The van der Waals surface area contributed by atoms with Crippen LogP contribution in [0.1, 0.15) is 23.2 Å². The Morgan fingerprint density at radius 3 is 2.64 bits per heavy atom. The van der Waals surface area contributed by atoms with E-state index >= 15 is 0 Å². The number of carbonyl (C=O) groups is 1. The Kier molecular flexibility index (Phi) is 6.10. The molecule has 0 fully saturated rings. The Bertz CT molecular complexity index is 858. The maximum Gasteiger partial charge on any atom is 0.279 e. The molecule has 1 amide bonds. The first-order chi connectivity index (χ1) is 12.0. The lowest BCUT2D eigenvalue weighted by molar-refractivity contribution is -0.127. The fourth-order valence-electron chi connectivity index (χ4n) is 1.77. The van der Waals surface area contributed by atoms with Gasteiger partial charge >= 0.3 is 0 Å². The molecule has 25 heavy (non-hydrogen) atoms. The number of aromatic nitrogens is 1. The Balaban J connectivity index is 1.89. The van der Waals surface area contributed by atoms with Gasteiger partial charge in [-0.25, -0.2) is 4.98 Å². The Morgan fingerprint density at radius 1 is 1.36 bits per heavy atom. The predicted molar refractivity (Wildman–Crippen MR) is 93.0 cm³/mol. The normalized spacial score (nSPS) is 11.8. The summed E-state index contributed by atoms with van der Waals surface area (Å²) in [7, 11) is 0. The van der Waals surface area contributed by atoms with E-state index in [1.807, 2.05) is 24.4 Å². The van der Waals surface area contributed by atoms with E-state index in [-0.39, 0.29) is 0 Å². The third kappa shape index (κ3) is 5.06. The predicted octanol–water partition coefficient (Wildman–Crippen LogP) is 2.28. The van der Waals surface area contributed by atoms with Crippen molar-refractivity contribution in [2.24, 2.45) is 0 Å². The maximum atomic E-state index is 12.0. The van der Waals surface area contributed by atoms with Gasteiger partial charge in [0.05, 0.1) is 11.6 Å². The molecular formula is C17H15N5O2S. The van der Waals surface area contributed by atoms with E-state index < -0.39 is 12.0 Å². The van der Waals surface area contributed by atoms with E-state index in [2.05, 4.69) is 15.8 Å². The van der Waals surface area contributed by atoms with Gasteiger partial charge in [-0.1, -0.05) is 0 Å². The monoisotopic (exact) mass is 353 g/mol. The van der Waals surface area contributed by atoms with Gasteiger partial charge in [-0.3, -0.25) is 10.2 Å². The van der Waals surface area contributed by atoms with Gasteiger partial charge in [-0.15, -0.1) is 11.3 Å². The van der Waals surface area contributed by atoms with Crippen LogP contribution in [0.2, 0.25) is 0 Å². The second-order valence-corrected chi connectivity index (χ2v) is 5.85. The molecular weight excluding hydrogens is 338 g/mol. The zero-order valence-corrected chi connectivity index (χ0v) is 14.4. The van der Waals surface area contributed by atoms with Crippen LogP contribution in [0, 0.1) is 29.6 Å². The number of nitrogens with one attached hydrogen (secondary N) is 2. The van der Waals surface area contributed by atoms with Gasteiger partial charge in [0.1, 0.15) is 22.4 Å². The Labute approximate surface area is 149 Å². The molecule has 126 valence electrons. The largest absolute Gasteiger partial charge is 0.481 e. The van der Waals surface area contributed by atoms with Gasteiger partial charge in [0.2, 0.25) is 0 Å². The summed E-state index contributed by atoms with van der Waals surface area (Å²) >= 11 is 1.35. The fraction of sp³-hybridized carbons (Fsp3) is 0.176. The number of nitriles is 2. The molecule has 7 nitrogen and oxygen atoms in total. The minimum absolute atomic E-state index is 0.319. The third-order valence-corrected chi connectivity index (χ3v) is 4.04. The summed E-state index contributed by atoms with van der Waals surface area (Å²) in [6.45, 7) is 3.43. The first kappa shape index (κ1) is 18.0. The van der Waals surface area contributed by atoms with Crippen LogP contribution < -0.4 is 15.6 Å². The number of hydrazine groups is 1. The highest BCUT2D eigenvalue weighted by atomic mass is 32.1. The number of amides is 1. The highest BCUT2D eigenvalue weighted by Crippen LogP contribution is 2.17. The molecule has 0 aliphatic rings. The average molecular weight is 353 g/mol. The van der Waals surface area contributed by atoms with Gasteiger partial charge in [0, 0.05) is 17.3 Å². The molecule has 0 unspecified atom stereocenters. The third-order valence-electron chi connectivity index (χ3n) is 3.05. The number of ether oxygens (including phenoxy) is 1. The van der Waals surface area contributed by atoms with Crippen molar-refractivity contribution in [1.82, 2.24) is 15.8 Å². The van der Waals surface area contributed by atoms with Gasteiger partial charge in [-0.2, -0.15) is 10.5 Å². The van der Waals surface area contributed by atoms with Crippen LogP contribution in [-0.2, 0) is 4.79 Å². The molecule has 2 aromatic rings. The second-order valence-electron chi connectivity index (χ2n) is 4.99. The van der Waals surface area contributed by atoms with Crippen molar-refractivity contribution in [2.75, 3.05) is 0 Å². The van der Waals surface area contributed by atoms with Gasteiger partial charge < -0.3 is 10.2 Å². The summed E-state index contributed by atoms with van der Waals surface area (Å²) in [5, 5.41) is 20.3. The SMILES string of the molecule is Cc1csc(/C(C#N)=C/NNC(=O)[C@@H](C)Oc2ccc(C#N)cc2)n1. The van der Waals surface area contributed by atoms with E-state index in [0.29, 0.717) is 21.9 Å². The Hall–Kier alpha value is -3.36. The van der Waals surface area contributed by atoms with E-state index in [0.717, 1.165) is 5.69 Å². The van der Waals surface area contributed by atoms with Gasteiger partial charge in [0.25, 0.3) is 5.91 Å². The molecule has 1 atom stereocenters. The molecule has 0 saturated carbocycles. The highest BCUT2D eigenvalue weighted by molar-refractivity contribution is 7.10. The first-order valence-electron chi connectivity index (χ1n) is 7.28. The van der Waals surface area contributed by atoms with E-state index in [4.69, 9.17) is 15.3 Å². The van der Waals surface area contributed by atoms with Crippen molar-refractivity contribution in [2.45, 2.75) is 20.0 Å². The van der Waals surface area contributed by atoms with Crippen LogP contribution in [0.4, 0.5) is 0 Å². The van der Waals surface area contributed by atoms with Crippen LogP contribution in [0.25, 0.3) is 5.57 Å². The molecule has 0 saturated heterocycles. The summed E-state index contributed by atoms with van der Waals surface area (Å²) < 4.78 is 5.49. The number of aryl methyl sites for hydroxylation is 1. The molecule has 1 aromatic carbocycles. The lowest BCUT2D eigenvalue weighted by Crippen LogP contribution is -2.42. The Morgan fingerprint density at radius 2 is 2.08 bits per heavy atom. The number of allylic oxidation sites excluding steroid dienone is 1. The average Bonchev–Trinajstić information content (AvgIpc) is 3.05. The second kappa shape index (κ2) is 8.48. The topological polar surface area (TPSA) is 111 Å². The zero-order valence-electron chi connectivity index (χ0n) is 13.6. The standard InChI is InChI=1S/C17H15N5O2S/c1-11-10-25-17(21-11)14(8-19)9-20-22-16(23)12(2)24-15-5-3-13(7-18)4-6-15/h3-6,9-10,12,20H,1-2H3,(H,22,23)/b14-9+/t12-/m1/s1. The van der Waals surface area contributed by atoms with Crippen molar-refractivity contribution in [1.29, 1.82) is 10.5 Å². The minimum atomic E-state index is -0.763. The molecule has 0 spiro atoms. The molecule has 1 heterocycles. The molecule has 0 bridgehead atoms. The number of nitrogens with zero attached hydrogens (tertiary/aromatic N) is 3. The lowest BCUT2D eigenvalue weighted by atomic mass is 10.2. The number of hydrogen-bond acceptors (Lipinski definition) is 7.